The number of aliphatic hydroxyl groups is 3. The van der Waals surface area contributed by atoms with E-state index in [9.17, 15) is 69.2 Å². The molecule has 0 bridgehead atoms. The molecule has 0 aromatic heterocycles. The van der Waals surface area contributed by atoms with Crippen molar-refractivity contribution in [3.8, 4) is 0 Å². The van der Waals surface area contributed by atoms with Crippen molar-refractivity contribution in [1.82, 2.24) is 25.3 Å². The third-order valence-corrected chi connectivity index (χ3v) is 27.2. The summed E-state index contributed by atoms with van der Waals surface area (Å²) in [6, 6.07) is 31.0. The van der Waals surface area contributed by atoms with Crippen molar-refractivity contribution in [3.63, 3.8) is 0 Å². The van der Waals surface area contributed by atoms with Crippen LogP contribution in [0.5, 0.6) is 0 Å². The Morgan fingerprint density at radius 2 is 0.926 bits per heavy atom. The highest BCUT2D eigenvalue weighted by atomic mass is 35.5. The molecule has 10 rings (SSSR count). The van der Waals surface area contributed by atoms with Crippen molar-refractivity contribution in [2.24, 2.45) is 53.1 Å². The molecule has 3 saturated carbocycles. The standard InChI is InChI=1S/C31H47ClF3NO2.C30H46ClF3N2O2.C19H27F3N2O2.C17H26ClNO/c1-2-3-7-17-30(38,26-14-8-16-28(32)22-26)27-15-10-19-36(23-27)29(37)21-25(13-9-18-31(33,34)35)20-24-11-5-4-6-12-24;1-2-3-7-15-29(38,25-12-8-14-27(31)19-25)26-13-9-16-36(21-26)28(37)18-24(20-35-22-30(32,33)34)17-23-10-5-4-6-11-23;20-19(21,22)14-24(12-17(23)11-15-7-3-1-4-8-15)18(25)26-13-16-9-5-2-6-10-16;1-2-3-4-10-17(20,15-8-6-11-19-13-15)14-7-5-9-16(18)12-14/h8,14,16,22,24-25,27,38H,2-7,9-13,15,17-21,23H2,1H3;8,12,14,19,23-24,26,35,38H,2-7,9-11,13,15-18,20-22H2,1H3;2,5-6,9-10,15,17H,1,3-4,7-8,11-14,23H2;5,7,9,12,15,19-20H,2-4,6,8,10-11,13H2,1H3/t25-,27-,30-;24-,26-,29-;17-;15-,17-/m1101/s1. The minimum atomic E-state index is -4.49. The summed E-state index contributed by atoms with van der Waals surface area (Å²) >= 11 is 18.7. The van der Waals surface area contributed by atoms with E-state index in [4.69, 9.17) is 45.3 Å². The number of nitrogens with zero attached hydrogens (tertiary/aromatic N) is 3. The van der Waals surface area contributed by atoms with E-state index in [1.54, 1.807) is 36.4 Å². The first-order valence-corrected chi connectivity index (χ1v) is 47.7. The Balaban J connectivity index is 0.000000230. The largest absolute Gasteiger partial charge is 0.445 e. The molecule has 6 aliphatic rings. The van der Waals surface area contributed by atoms with Crippen LogP contribution in [0.1, 0.15) is 306 Å². The molecule has 25 heteroatoms. The van der Waals surface area contributed by atoms with Crippen LogP contribution in [0, 0.1) is 47.3 Å². The first kappa shape index (κ1) is 104. The summed E-state index contributed by atoms with van der Waals surface area (Å²) in [6.07, 6.45) is 22.8. The third kappa shape index (κ3) is 37.8. The monoisotopic (exact) mass is 1780 g/mol. The maximum atomic E-state index is 13.5. The maximum absolute atomic E-state index is 13.5. The number of carbonyl (C=O) groups is 3. The fraction of sp³-hybridized carbons (Fsp3) is 0.722. The summed E-state index contributed by atoms with van der Waals surface area (Å²) in [5.74, 6) is 1.40. The van der Waals surface area contributed by atoms with Crippen molar-refractivity contribution in [2.75, 3.05) is 65.4 Å². The van der Waals surface area contributed by atoms with Crippen molar-refractivity contribution in [3.05, 3.63) is 140 Å². The number of ether oxygens (including phenoxy) is 1. The summed E-state index contributed by atoms with van der Waals surface area (Å²) < 4.78 is 120. The van der Waals surface area contributed by atoms with Crippen LogP contribution in [-0.4, -0.2) is 138 Å². The summed E-state index contributed by atoms with van der Waals surface area (Å²) in [7, 11) is 0. The Kier molecular flexibility index (Phi) is 45.9. The molecule has 0 spiro atoms. The minimum Gasteiger partial charge on any atom is -0.445 e. The van der Waals surface area contributed by atoms with E-state index in [2.05, 4.69) is 31.4 Å². The van der Waals surface area contributed by atoms with Gasteiger partial charge in [-0.25, -0.2) is 4.79 Å². The average Bonchev–Trinajstić information content (AvgIpc) is 0.785. The zero-order valence-electron chi connectivity index (χ0n) is 73.2. The molecule has 3 saturated heterocycles. The molecular formula is C97H146Cl3F9N6O7. The highest BCUT2D eigenvalue weighted by Gasteiger charge is 2.45. The van der Waals surface area contributed by atoms with E-state index in [0.717, 1.165) is 202 Å². The first-order chi connectivity index (χ1) is 58.2. The molecule has 3 amide bonds. The fourth-order valence-corrected chi connectivity index (χ4v) is 20.5. The van der Waals surface area contributed by atoms with Gasteiger partial charge in [0.25, 0.3) is 0 Å². The van der Waals surface area contributed by atoms with Gasteiger partial charge in [0.2, 0.25) is 11.8 Å². The predicted molar refractivity (Wildman–Crippen MR) is 474 cm³/mol. The van der Waals surface area contributed by atoms with Crippen LogP contribution in [0.25, 0.3) is 0 Å². The lowest BCUT2D eigenvalue weighted by Gasteiger charge is -2.43. The SMILES string of the molecule is CCCCC[C@@](O)(c1cccc(Cl)c1)[C@@H]1CCCN(C(=O)C[C@H](CCCC(F)(F)F)CC2CCCCC2)C1.CCCCC[C@@](O)(c1cccc(Cl)c1)[C@@H]1CCCN(C(=O)C[C@H](CNCC(F)(F)F)CC2CCCCC2)C1.CCCCC[C@@](O)(c1cccc(Cl)c1)[C@@H]1CCCNC1.N[C@@H](CC1CCCCC1)CN(CC(F)(F)F)C(=O)OCc1ccccc1. The number of halogens is 12. The quantitative estimate of drug-likeness (QED) is 0.0186. The van der Waals surface area contributed by atoms with Crippen molar-refractivity contribution in [2.45, 2.75) is 332 Å². The zero-order chi connectivity index (χ0) is 88.6. The number of unbranched alkanes of at least 4 members (excludes halogenated alkanes) is 6. The lowest BCUT2D eigenvalue weighted by Crippen LogP contribution is -2.48. The second kappa shape index (κ2) is 53.8. The molecule has 122 heavy (non-hydrogen) atoms. The van der Waals surface area contributed by atoms with Gasteiger partial charge >= 0.3 is 24.6 Å². The van der Waals surface area contributed by atoms with Gasteiger partial charge in [0, 0.05) is 97.4 Å². The normalized spacial score (nSPS) is 20.8. The van der Waals surface area contributed by atoms with E-state index in [1.807, 2.05) is 76.5 Å². The number of piperidine rings is 3. The molecule has 3 aliphatic carbocycles. The van der Waals surface area contributed by atoms with Crippen LogP contribution in [-0.2, 0) is 37.7 Å². The number of hydrogen-bond donors (Lipinski definition) is 6. The smallest absolute Gasteiger partial charge is 0.410 e. The second-order valence-electron chi connectivity index (χ2n) is 36.5. The second-order valence-corrected chi connectivity index (χ2v) is 37.8. The highest BCUT2D eigenvalue weighted by Crippen LogP contribution is 2.45. The van der Waals surface area contributed by atoms with Crippen molar-refractivity contribution < 1.29 is 74.0 Å². The van der Waals surface area contributed by atoms with E-state index in [0.29, 0.717) is 96.0 Å². The van der Waals surface area contributed by atoms with Gasteiger partial charge in [-0.2, -0.15) is 39.5 Å². The molecule has 4 aromatic carbocycles. The maximum Gasteiger partial charge on any atom is 0.410 e. The number of nitrogens with two attached hydrogens (primary N) is 1. The Morgan fingerprint density at radius 1 is 0.500 bits per heavy atom. The first-order valence-electron chi connectivity index (χ1n) is 46.5. The van der Waals surface area contributed by atoms with Gasteiger partial charge in [-0.3, -0.25) is 14.5 Å². The van der Waals surface area contributed by atoms with Crippen LogP contribution in [0.15, 0.2) is 103 Å². The Labute approximate surface area is 738 Å². The Hall–Kier alpha value is -4.91. The Bertz CT molecular complexity index is 3450. The highest BCUT2D eigenvalue weighted by molar-refractivity contribution is 6.31. The van der Waals surface area contributed by atoms with Crippen molar-refractivity contribution in [1.29, 1.82) is 0 Å². The fourth-order valence-electron chi connectivity index (χ4n) is 19.9. The number of nitrogens with one attached hydrogen (secondary N) is 2. The topological polar surface area (TPSA) is 181 Å². The van der Waals surface area contributed by atoms with Gasteiger partial charge in [0.05, 0.1) is 23.3 Å². The number of hydrogen-bond acceptors (Lipinski definition) is 10. The molecular weight excluding hydrogens is 1640 g/mol. The molecule has 3 aliphatic heterocycles. The summed E-state index contributed by atoms with van der Waals surface area (Å²) in [4.78, 5) is 43.6. The lowest BCUT2D eigenvalue weighted by atomic mass is 9.74. The predicted octanol–water partition coefficient (Wildman–Crippen LogP) is 25.1. The van der Waals surface area contributed by atoms with Crippen LogP contribution in [0.2, 0.25) is 15.1 Å². The van der Waals surface area contributed by atoms with Gasteiger partial charge in [-0.1, -0.05) is 276 Å². The summed E-state index contributed by atoms with van der Waals surface area (Å²) in [5, 5.41) is 43.3. The number of rotatable bonds is 39. The molecule has 4 aromatic rings. The van der Waals surface area contributed by atoms with Gasteiger partial charge in [-0.15, -0.1) is 0 Å². The average molecular weight is 1790 g/mol. The molecule has 13 nitrogen and oxygen atoms in total. The molecule has 3 heterocycles. The molecule has 0 radical (unpaired) electrons. The van der Waals surface area contributed by atoms with Crippen LogP contribution in [0.3, 0.4) is 0 Å². The number of amides is 3. The van der Waals surface area contributed by atoms with E-state index < -0.39 is 67.0 Å². The van der Waals surface area contributed by atoms with Gasteiger partial charge in [-0.05, 0) is 191 Å². The number of alkyl halides is 9. The minimum absolute atomic E-state index is 0.00804. The van der Waals surface area contributed by atoms with Crippen LogP contribution in [0.4, 0.5) is 44.3 Å². The van der Waals surface area contributed by atoms with Crippen LogP contribution < -0.4 is 16.4 Å². The van der Waals surface area contributed by atoms with Gasteiger partial charge in [0.15, 0.2) is 0 Å². The van der Waals surface area contributed by atoms with E-state index in [1.165, 1.54) is 44.9 Å². The van der Waals surface area contributed by atoms with Crippen LogP contribution >= 0.6 is 34.8 Å². The van der Waals surface area contributed by atoms with Crippen molar-refractivity contribution >= 4 is 52.7 Å². The third-order valence-electron chi connectivity index (χ3n) is 26.5. The lowest BCUT2D eigenvalue weighted by molar-refractivity contribution is -0.143. The zero-order valence-corrected chi connectivity index (χ0v) is 75.5. The molecule has 6 fully saturated rings. The van der Waals surface area contributed by atoms with Gasteiger partial charge in [0.1, 0.15) is 13.2 Å². The van der Waals surface area contributed by atoms with Gasteiger partial charge < -0.3 is 46.2 Å². The number of carbonyl (C=O) groups excluding carboxylic acids is 3. The molecule has 9 atom stereocenters. The molecule has 690 valence electrons. The molecule has 7 N–H and O–H groups in total. The molecule has 0 unspecified atom stereocenters. The summed E-state index contributed by atoms with van der Waals surface area (Å²) in [6.45, 7) is 8.25. The van der Waals surface area contributed by atoms with E-state index >= 15 is 0 Å². The Morgan fingerprint density at radius 3 is 1.34 bits per heavy atom. The van der Waals surface area contributed by atoms with E-state index in [-0.39, 0.29) is 73.9 Å². The number of benzene rings is 4. The number of likely N-dealkylation sites (tertiary alicyclic amines) is 2. The summed E-state index contributed by atoms with van der Waals surface area (Å²) in [5.41, 5.74) is 6.48.